The van der Waals surface area contributed by atoms with Gasteiger partial charge in [0.1, 0.15) is 5.82 Å². The molecule has 0 saturated carbocycles. The topological polar surface area (TPSA) is 43.8 Å². The van der Waals surface area contributed by atoms with Gasteiger partial charge in [-0.1, -0.05) is 28.1 Å². The van der Waals surface area contributed by atoms with Crippen LogP contribution in [-0.4, -0.2) is 9.55 Å². The van der Waals surface area contributed by atoms with Crippen LogP contribution in [0.4, 0.5) is 0 Å². The fourth-order valence-corrected chi connectivity index (χ4v) is 2.22. The second-order valence-electron chi connectivity index (χ2n) is 3.73. The Kier molecular flexibility index (Phi) is 3.12. The second kappa shape index (κ2) is 4.39. The Morgan fingerprint density at radius 1 is 1.44 bits per heavy atom. The molecule has 3 nitrogen and oxygen atoms in total. The van der Waals surface area contributed by atoms with E-state index in [1.54, 1.807) is 0 Å². The van der Waals surface area contributed by atoms with E-state index >= 15 is 0 Å². The molecular weight excluding hydrogens is 266 g/mol. The molecule has 2 rings (SSSR count). The van der Waals surface area contributed by atoms with E-state index in [2.05, 4.69) is 37.6 Å². The highest BCUT2D eigenvalue weighted by Gasteiger charge is 2.12. The predicted octanol–water partition coefficient (Wildman–Crippen LogP) is 2.62. The summed E-state index contributed by atoms with van der Waals surface area (Å²) in [6.45, 7) is 2.45. The van der Waals surface area contributed by atoms with Crippen molar-refractivity contribution in [2.75, 3.05) is 0 Å². The monoisotopic (exact) mass is 279 g/mol. The first-order valence-corrected chi connectivity index (χ1v) is 5.91. The number of aryl methyl sites for hydroxylation is 1. The lowest BCUT2D eigenvalue weighted by atomic mass is 10.1. The van der Waals surface area contributed by atoms with Crippen LogP contribution in [-0.2, 0) is 13.6 Å². The molecule has 84 valence electrons. The van der Waals surface area contributed by atoms with Crippen LogP contribution in [0.25, 0.3) is 11.3 Å². The lowest BCUT2D eigenvalue weighted by Crippen LogP contribution is -2.00. The van der Waals surface area contributed by atoms with E-state index in [1.165, 1.54) is 0 Å². The minimum absolute atomic E-state index is 0.462. The van der Waals surface area contributed by atoms with E-state index in [0.717, 1.165) is 27.2 Å². The Bertz CT molecular complexity index is 517. The number of imidazole rings is 1. The number of hydrogen-bond acceptors (Lipinski definition) is 2. The van der Waals surface area contributed by atoms with Crippen molar-refractivity contribution in [3.05, 3.63) is 40.3 Å². The van der Waals surface area contributed by atoms with E-state index in [1.807, 2.05) is 26.1 Å². The average Bonchev–Trinajstić information content (AvgIpc) is 2.55. The zero-order valence-corrected chi connectivity index (χ0v) is 11.0. The number of halogens is 1. The van der Waals surface area contributed by atoms with Crippen LogP contribution in [0.5, 0.6) is 0 Å². The van der Waals surface area contributed by atoms with Crippen molar-refractivity contribution in [1.82, 2.24) is 9.55 Å². The van der Waals surface area contributed by atoms with Gasteiger partial charge in [0, 0.05) is 23.6 Å². The van der Waals surface area contributed by atoms with Gasteiger partial charge in [-0.25, -0.2) is 4.98 Å². The molecule has 16 heavy (non-hydrogen) atoms. The summed E-state index contributed by atoms with van der Waals surface area (Å²) in [5.74, 6) is 0.982. The van der Waals surface area contributed by atoms with Crippen LogP contribution in [0, 0.1) is 6.92 Å². The van der Waals surface area contributed by atoms with E-state index in [4.69, 9.17) is 5.73 Å². The van der Waals surface area contributed by atoms with Crippen molar-refractivity contribution in [3.63, 3.8) is 0 Å². The molecule has 0 spiro atoms. The first-order chi connectivity index (χ1) is 7.63. The highest BCUT2D eigenvalue weighted by atomic mass is 79.9. The maximum atomic E-state index is 5.72. The quantitative estimate of drug-likeness (QED) is 0.919. The van der Waals surface area contributed by atoms with E-state index in [9.17, 15) is 0 Å². The van der Waals surface area contributed by atoms with Gasteiger partial charge in [-0.05, 0) is 19.1 Å². The Morgan fingerprint density at radius 3 is 2.81 bits per heavy atom. The molecular formula is C12H14BrN3. The number of aromatic nitrogens is 2. The molecule has 0 aliphatic rings. The molecule has 1 aromatic heterocycles. The van der Waals surface area contributed by atoms with Gasteiger partial charge in [-0.3, -0.25) is 0 Å². The summed E-state index contributed by atoms with van der Waals surface area (Å²) in [5, 5.41) is 0. The number of nitrogens with zero attached hydrogens (tertiary/aromatic N) is 2. The van der Waals surface area contributed by atoms with Crippen molar-refractivity contribution in [1.29, 1.82) is 0 Å². The maximum absolute atomic E-state index is 5.72. The lowest BCUT2D eigenvalue weighted by Gasteiger charge is -2.06. The summed E-state index contributed by atoms with van der Waals surface area (Å²) < 4.78 is 3.14. The van der Waals surface area contributed by atoms with E-state index in [-0.39, 0.29) is 0 Å². The van der Waals surface area contributed by atoms with Gasteiger partial charge in [0.05, 0.1) is 11.4 Å². The summed E-state index contributed by atoms with van der Waals surface area (Å²) in [6.07, 6.45) is 0. The highest BCUT2D eigenvalue weighted by Crippen LogP contribution is 2.26. The number of nitrogens with two attached hydrogens (primary N) is 1. The maximum Gasteiger partial charge on any atom is 0.106 e. The summed E-state index contributed by atoms with van der Waals surface area (Å²) in [7, 11) is 2.01. The molecule has 4 heteroatoms. The summed E-state index contributed by atoms with van der Waals surface area (Å²) in [5.41, 5.74) is 8.90. The molecule has 0 bridgehead atoms. The van der Waals surface area contributed by atoms with Gasteiger partial charge in [0.25, 0.3) is 0 Å². The Morgan fingerprint density at radius 2 is 2.19 bits per heavy atom. The molecule has 2 N–H and O–H groups in total. The van der Waals surface area contributed by atoms with Crippen molar-refractivity contribution in [2.24, 2.45) is 12.8 Å². The first-order valence-electron chi connectivity index (χ1n) is 5.11. The molecule has 1 aromatic carbocycles. The summed E-state index contributed by atoms with van der Waals surface area (Å²) in [4.78, 5) is 4.46. The van der Waals surface area contributed by atoms with Gasteiger partial charge in [-0.2, -0.15) is 0 Å². The molecule has 2 aromatic rings. The number of rotatable bonds is 2. The molecule has 0 aliphatic carbocycles. The van der Waals surface area contributed by atoms with Crippen LogP contribution in [0.2, 0.25) is 0 Å². The third-order valence-corrected chi connectivity index (χ3v) is 3.18. The summed E-state index contributed by atoms with van der Waals surface area (Å²) >= 11 is 3.48. The highest BCUT2D eigenvalue weighted by molar-refractivity contribution is 9.10. The van der Waals surface area contributed by atoms with Gasteiger partial charge < -0.3 is 10.3 Å². The van der Waals surface area contributed by atoms with Gasteiger partial charge in [0.15, 0.2) is 0 Å². The fraction of sp³-hybridized carbons (Fsp3) is 0.250. The Balaban J connectivity index is 2.63. The SMILES string of the molecule is Cc1nc(CN)c(-c2cccc(Br)c2)n1C. The molecule has 1 heterocycles. The molecule has 0 saturated heterocycles. The standard InChI is InChI=1S/C12H14BrN3/c1-8-15-11(7-14)12(16(8)2)9-4-3-5-10(13)6-9/h3-6H,7,14H2,1-2H3. The third-order valence-electron chi connectivity index (χ3n) is 2.68. The fourth-order valence-electron chi connectivity index (χ4n) is 1.82. The third kappa shape index (κ3) is 1.90. The van der Waals surface area contributed by atoms with Crippen LogP contribution < -0.4 is 5.73 Å². The Labute approximate surface area is 103 Å². The molecule has 0 unspecified atom stereocenters. The van der Waals surface area contributed by atoms with Gasteiger partial charge >= 0.3 is 0 Å². The van der Waals surface area contributed by atoms with E-state index < -0.39 is 0 Å². The van der Waals surface area contributed by atoms with Crippen LogP contribution in [0.3, 0.4) is 0 Å². The predicted molar refractivity (Wildman–Crippen MR) is 69.0 cm³/mol. The number of benzene rings is 1. The molecule has 0 aliphatic heterocycles. The normalized spacial score (nSPS) is 10.8. The molecule has 0 amide bonds. The molecule has 0 radical (unpaired) electrons. The Hall–Kier alpha value is -1.13. The molecule has 0 fully saturated rings. The van der Waals surface area contributed by atoms with Crippen molar-refractivity contribution in [3.8, 4) is 11.3 Å². The van der Waals surface area contributed by atoms with Crippen LogP contribution in [0.15, 0.2) is 28.7 Å². The smallest absolute Gasteiger partial charge is 0.106 e. The van der Waals surface area contributed by atoms with Gasteiger partial charge in [-0.15, -0.1) is 0 Å². The first kappa shape index (κ1) is 11.4. The molecule has 0 atom stereocenters. The summed E-state index contributed by atoms with van der Waals surface area (Å²) in [6, 6.07) is 8.17. The average molecular weight is 280 g/mol. The zero-order chi connectivity index (χ0) is 11.7. The van der Waals surface area contributed by atoms with Crippen molar-refractivity contribution in [2.45, 2.75) is 13.5 Å². The van der Waals surface area contributed by atoms with Crippen molar-refractivity contribution >= 4 is 15.9 Å². The van der Waals surface area contributed by atoms with Crippen LogP contribution in [0.1, 0.15) is 11.5 Å². The largest absolute Gasteiger partial charge is 0.331 e. The number of hydrogen-bond donors (Lipinski definition) is 1. The van der Waals surface area contributed by atoms with Gasteiger partial charge in [0.2, 0.25) is 0 Å². The second-order valence-corrected chi connectivity index (χ2v) is 4.64. The minimum atomic E-state index is 0.462. The van der Waals surface area contributed by atoms with E-state index in [0.29, 0.717) is 6.54 Å². The minimum Gasteiger partial charge on any atom is -0.331 e. The lowest BCUT2D eigenvalue weighted by molar-refractivity contribution is 0.865. The zero-order valence-electron chi connectivity index (χ0n) is 9.37. The van der Waals surface area contributed by atoms with Crippen molar-refractivity contribution < 1.29 is 0 Å². The van der Waals surface area contributed by atoms with Crippen LogP contribution >= 0.6 is 15.9 Å².